The smallest absolute Gasteiger partial charge is 0.332 e. The maximum atomic E-state index is 14.0. The molecule has 1 atom stereocenters. The van der Waals surface area contributed by atoms with Crippen LogP contribution in [0.25, 0.3) is 10.8 Å². The summed E-state index contributed by atoms with van der Waals surface area (Å²) < 4.78 is 30.0. The summed E-state index contributed by atoms with van der Waals surface area (Å²) in [6.07, 6.45) is 1.66. The third-order valence-corrected chi connectivity index (χ3v) is 9.11. The number of hydrogen-bond acceptors (Lipinski definition) is 6. The van der Waals surface area contributed by atoms with E-state index in [1.165, 1.54) is 12.5 Å². The van der Waals surface area contributed by atoms with E-state index in [-0.39, 0.29) is 23.1 Å². The highest BCUT2D eigenvalue weighted by atomic mass is 32.2. The molecule has 43 heavy (non-hydrogen) atoms. The largest absolute Gasteiger partial charge is 0.380 e. The quantitative estimate of drug-likeness (QED) is 0.128. The molecule has 4 aromatic carbocycles. The van der Waals surface area contributed by atoms with Gasteiger partial charge in [-0.15, -0.1) is 0 Å². The molecule has 1 fully saturated rings. The van der Waals surface area contributed by atoms with Crippen LogP contribution in [0.1, 0.15) is 42.4 Å². The number of sulfonamides is 1. The first-order valence-electron chi connectivity index (χ1n) is 14.1. The topological polar surface area (TPSA) is 131 Å². The summed E-state index contributed by atoms with van der Waals surface area (Å²) in [5.74, 6) is -0.569. The minimum absolute atomic E-state index is 0.0142. The standard InChI is InChI=1S/C33H34N4O5S/c1-23(38)42-35-32(34)29-13-7-8-24(20-29)21-31(33(39)37-18-16-27(17-19-37)25-9-3-2-4-10-25)36-43(40,41)30-15-14-26-11-5-6-12-28(26)22-30/h2-15,20,22,27,31,36H,16-19,21H2,1H3,(H2,34,35)/t31-/m0/s1. The first kappa shape index (κ1) is 29.9. The second-order valence-corrected chi connectivity index (χ2v) is 12.4. The lowest BCUT2D eigenvalue weighted by atomic mass is 9.89. The second-order valence-electron chi connectivity index (χ2n) is 10.7. The molecule has 1 amide bonds. The number of amidine groups is 1. The normalized spacial score (nSPS) is 15.3. The van der Waals surface area contributed by atoms with Crippen molar-refractivity contribution >= 4 is 38.5 Å². The van der Waals surface area contributed by atoms with E-state index >= 15 is 0 Å². The number of carbonyl (C=O) groups is 2. The number of benzene rings is 4. The van der Waals surface area contributed by atoms with E-state index in [2.05, 4.69) is 26.8 Å². The van der Waals surface area contributed by atoms with Crippen molar-refractivity contribution < 1.29 is 22.8 Å². The Morgan fingerprint density at radius 3 is 2.35 bits per heavy atom. The Bertz CT molecular complexity index is 1750. The van der Waals surface area contributed by atoms with Gasteiger partial charge >= 0.3 is 5.97 Å². The monoisotopic (exact) mass is 598 g/mol. The van der Waals surface area contributed by atoms with Crippen LogP contribution in [0.5, 0.6) is 0 Å². The van der Waals surface area contributed by atoms with Crippen molar-refractivity contribution in [1.29, 1.82) is 0 Å². The highest BCUT2D eigenvalue weighted by Gasteiger charge is 2.32. The fourth-order valence-electron chi connectivity index (χ4n) is 5.41. The van der Waals surface area contributed by atoms with Gasteiger partial charge in [0.25, 0.3) is 0 Å². The van der Waals surface area contributed by atoms with E-state index in [0.717, 1.165) is 23.6 Å². The molecule has 4 aromatic rings. The summed E-state index contributed by atoms with van der Waals surface area (Å²) in [6.45, 7) is 2.26. The molecule has 0 aliphatic carbocycles. The fraction of sp³-hybridized carbons (Fsp3) is 0.242. The molecule has 0 aromatic heterocycles. The molecule has 1 aliphatic rings. The number of likely N-dealkylation sites (tertiary alicyclic amines) is 1. The van der Waals surface area contributed by atoms with Gasteiger partial charge in [0.2, 0.25) is 15.9 Å². The van der Waals surface area contributed by atoms with Gasteiger partial charge in [0.1, 0.15) is 6.04 Å². The van der Waals surface area contributed by atoms with Crippen LogP contribution in [0.3, 0.4) is 0 Å². The Morgan fingerprint density at radius 1 is 0.930 bits per heavy atom. The van der Waals surface area contributed by atoms with E-state index in [9.17, 15) is 18.0 Å². The van der Waals surface area contributed by atoms with Gasteiger partial charge < -0.3 is 15.5 Å². The third kappa shape index (κ3) is 7.46. The summed E-state index contributed by atoms with van der Waals surface area (Å²) in [4.78, 5) is 31.6. The molecule has 0 saturated carbocycles. The number of hydrogen-bond donors (Lipinski definition) is 2. The molecule has 0 spiro atoms. The lowest BCUT2D eigenvalue weighted by Gasteiger charge is -2.34. The second kappa shape index (κ2) is 13.2. The van der Waals surface area contributed by atoms with E-state index in [4.69, 9.17) is 5.73 Å². The first-order chi connectivity index (χ1) is 20.7. The molecular formula is C33H34N4O5S. The van der Waals surface area contributed by atoms with E-state index < -0.39 is 22.0 Å². The van der Waals surface area contributed by atoms with Crippen LogP contribution >= 0.6 is 0 Å². The average Bonchev–Trinajstić information content (AvgIpc) is 3.03. The number of fused-ring (bicyclic) bond motifs is 1. The highest BCUT2D eigenvalue weighted by Crippen LogP contribution is 2.28. The minimum Gasteiger partial charge on any atom is -0.380 e. The number of rotatable bonds is 9. The Kier molecular flexibility index (Phi) is 9.18. The SMILES string of the molecule is CC(=O)O/N=C(\N)c1cccc(C[C@H](NS(=O)(=O)c2ccc3ccccc3c2)C(=O)N2CCC(c3ccccc3)CC2)c1. The summed E-state index contributed by atoms with van der Waals surface area (Å²) in [7, 11) is -4.06. The average molecular weight is 599 g/mol. The number of oxime groups is 1. The van der Waals surface area contributed by atoms with E-state index in [1.54, 1.807) is 47.4 Å². The van der Waals surface area contributed by atoms with Crippen molar-refractivity contribution in [2.45, 2.75) is 43.0 Å². The predicted molar refractivity (Wildman–Crippen MR) is 166 cm³/mol. The van der Waals surface area contributed by atoms with Gasteiger partial charge in [-0.05, 0) is 65.3 Å². The lowest BCUT2D eigenvalue weighted by molar-refractivity contribution is -0.141. The van der Waals surface area contributed by atoms with Crippen molar-refractivity contribution in [3.05, 3.63) is 114 Å². The van der Waals surface area contributed by atoms with Gasteiger partial charge in [0, 0.05) is 25.6 Å². The third-order valence-electron chi connectivity index (χ3n) is 7.64. The fourth-order valence-corrected chi connectivity index (χ4v) is 6.63. The minimum atomic E-state index is -4.06. The Morgan fingerprint density at radius 2 is 1.63 bits per heavy atom. The van der Waals surface area contributed by atoms with Crippen molar-refractivity contribution in [2.75, 3.05) is 13.1 Å². The summed E-state index contributed by atoms with van der Waals surface area (Å²) in [5, 5.41) is 5.34. The maximum Gasteiger partial charge on any atom is 0.332 e. The highest BCUT2D eigenvalue weighted by molar-refractivity contribution is 7.89. The molecule has 1 aliphatic heterocycles. The molecule has 5 rings (SSSR count). The number of nitrogens with zero attached hydrogens (tertiary/aromatic N) is 2. The number of carbonyl (C=O) groups excluding carboxylic acids is 2. The van der Waals surface area contributed by atoms with Gasteiger partial charge in [-0.3, -0.25) is 4.79 Å². The van der Waals surface area contributed by atoms with Crippen molar-refractivity contribution in [1.82, 2.24) is 9.62 Å². The van der Waals surface area contributed by atoms with Gasteiger partial charge in [-0.1, -0.05) is 84.0 Å². The Labute approximate surface area is 251 Å². The zero-order valence-electron chi connectivity index (χ0n) is 23.8. The maximum absolute atomic E-state index is 14.0. The van der Waals surface area contributed by atoms with Crippen molar-refractivity contribution in [3.8, 4) is 0 Å². The number of nitrogens with one attached hydrogen (secondary N) is 1. The molecule has 0 radical (unpaired) electrons. The molecule has 1 heterocycles. The molecule has 9 nitrogen and oxygen atoms in total. The van der Waals surface area contributed by atoms with Gasteiger partial charge in [-0.2, -0.15) is 4.72 Å². The molecule has 1 saturated heterocycles. The lowest BCUT2D eigenvalue weighted by Crippen LogP contribution is -2.51. The zero-order chi connectivity index (χ0) is 30.4. The molecule has 10 heteroatoms. The van der Waals surface area contributed by atoms with E-state index in [1.807, 2.05) is 42.5 Å². The molecule has 3 N–H and O–H groups in total. The van der Waals surface area contributed by atoms with Crippen LogP contribution in [0, 0.1) is 0 Å². The summed E-state index contributed by atoms with van der Waals surface area (Å²) in [6, 6.07) is 28.5. The van der Waals surface area contributed by atoms with Gasteiger partial charge in [0.05, 0.1) is 4.90 Å². The number of nitrogens with two attached hydrogens (primary N) is 1. The van der Waals surface area contributed by atoms with Crippen molar-refractivity contribution in [2.24, 2.45) is 10.9 Å². The van der Waals surface area contributed by atoms with Gasteiger partial charge in [0.15, 0.2) is 5.84 Å². The molecule has 222 valence electrons. The number of amides is 1. The van der Waals surface area contributed by atoms with Crippen LogP contribution < -0.4 is 10.5 Å². The first-order valence-corrected chi connectivity index (χ1v) is 15.6. The summed E-state index contributed by atoms with van der Waals surface area (Å²) in [5.41, 5.74) is 8.38. The van der Waals surface area contributed by atoms with Gasteiger partial charge in [-0.25, -0.2) is 13.2 Å². The van der Waals surface area contributed by atoms with E-state index in [0.29, 0.717) is 30.1 Å². The van der Waals surface area contributed by atoms with Crippen LogP contribution in [0.4, 0.5) is 0 Å². The zero-order valence-corrected chi connectivity index (χ0v) is 24.7. The number of piperidine rings is 1. The molecule has 0 bridgehead atoms. The van der Waals surface area contributed by atoms with Crippen LogP contribution in [-0.2, 0) is 30.9 Å². The van der Waals surface area contributed by atoms with Crippen LogP contribution in [-0.4, -0.2) is 50.2 Å². The molecular weight excluding hydrogens is 564 g/mol. The Hall–Kier alpha value is -4.54. The van der Waals surface area contributed by atoms with Crippen LogP contribution in [0.15, 0.2) is 107 Å². The molecule has 0 unspecified atom stereocenters. The van der Waals surface area contributed by atoms with Crippen molar-refractivity contribution in [3.63, 3.8) is 0 Å². The predicted octanol–water partition coefficient (Wildman–Crippen LogP) is 4.32. The summed E-state index contributed by atoms with van der Waals surface area (Å²) >= 11 is 0. The van der Waals surface area contributed by atoms with Crippen LogP contribution in [0.2, 0.25) is 0 Å². The Balaban J connectivity index is 1.40.